The minimum Gasteiger partial charge on any atom is -0.496 e. The van der Waals surface area contributed by atoms with Crippen molar-refractivity contribution in [2.24, 2.45) is 0 Å². The highest BCUT2D eigenvalue weighted by atomic mass is 16.5. The Hall–Kier alpha value is -3.17. The lowest BCUT2D eigenvalue weighted by molar-refractivity contribution is -0.122. The molecule has 1 atom stereocenters. The van der Waals surface area contributed by atoms with Crippen LogP contribution in [0.2, 0.25) is 0 Å². The maximum atomic E-state index is 12.5. The zero-order chi connectivity index (χ0) is 22.5. The Kier molecular flexibility index (Phi) is 6.87. The number of likely N-dealkylation sites (N-methyl/N-ethyl adjacent to an activating group) is 1. The van der Waals surface area contributed by atoms with Crippen LogP contribution < -0.4 is 15.4 Å². The molecule has 32 heavy (non-hydrogen) atoms. The van der Waals surface area contributed by atoms with Crippen LogP contribution in [0.5, 0.6) is 5.75 Å². The summed E-state index contributed by atoms with van der Waals surface area (Å²) >= 11 is 0. The molecule has 4 N–H and O–H groups in total. The summed E-state index contributed by atoms with van der Waals surface area (Å²) < 4.78 is 5.50. The smallest absolute Gasteiger partial charge is 0.220 e. The van der Waals surface area contributed by atoms with Gasteiger partial charge in [-0.25, -0.2) is 9.97 Å². The van der Waals surface area contributed by atoms with Crippen molar-refractivity contribution in [2.45, 2.75) is 31.7 Å². The van der Waals surface area contributed by atoms with Gasteiger partial charge in [-0.15, -0.1) is 0 Å². The van der Waals surface area contributed by atoms with E-state index in [1.165, 1.54) is 0 Å². The molecule has 1 amide bonds. The molecule has 3 aromatic rings. The predicted octanol–water partition coefficient (Wildman–Crippen LogP) is 2.00. The van der Waals surface area contributed by atoms with Gasteiger partial charge >= 0.3 is 0 Å². The van der Waals surface area contributed by atoms with Gasteiger partial charge in [0.15, 0.2) is 0 Å². The van der Waals surface area contributed by atoms with Crippen LogP contribution in [0.1, 0.15) is 24.0 Å². The average Bonchev–Trinajstić information content (AvgIpc) is 3.21. The standard InChI is InChI=1S/C23H30N6O3/c1-29-9-3-4-16-11-24-22-21(16)23(26-14-25-22)28-17-6-7-19(32-2)15(10-17)5-8-20(31)27-18(12-29)13-30/h6-7,10-11,14,18,30H,3-5,8-9,12-13H2,1-2H3,(H,27,31)(H2,24,25,26,28)/t18-/m0/s1. The molecule has 1 aliphatic heterocycles. The summed E-state index contributed by atoms with van der Waals surface area (Å²) in [5.41, 5.74) is 3.74. The van der Waals surface area contributed by atoms with Crippen molar-refractivity contribution in [3.63, 3.8) is 0 Å². The molecular formula is C23H30N6O3. The summed E-state index contributed by atoms with van der Waals surface area (Å²) in [4.78, 5) is 26.8. The van der Waals surface area contributed by atoms with Crippen LogP contribution in [-0.4, -0.2) is 70.8 Å². The first kappa shape index (κ1) is 22.0. The summed E-state index contributed by atoms with van der Waals surface area (Å²) in [6.07, 6.45) is 6.15. The fraction of sp³-hybridized carbons (Fsp3) is 0.435. The van der Waals surface area contributed by atoms with Gasteiger partial charge in [-0.3, -0.25) is 4.79 Å². The number of aromatic amines is 1. The molecule has 0 saturated carbocycles. The summed E-state index contributed by atoms with van der Waals surface area (Å²) in [6, 6.07) is 5.52. The van der Waals surface area contributed by atoms with E-state index in [4.69, 9.17) is 4.74 Å². The zero-order valence-electron chi connectivity index (χ0n) is 18.5. The van der Waals surface area contributed by atoms with E-state index >= 15 is 0 Å². The Bertz CT molecular complexity index is 1080. The molecular weight excluding hydrogens is 408 g/mol. The monoisotopic (exact) mass is 438 g/mol. The normalized spacial score (nSPS) is 18.6. The van der Waals surface area contributed by atoms with E-state index < -0.39 is 0 Å². The Morgan fingerprint density at radius 1 is 1.22 bits per heavy atom. The van der Waals surface area contributed by atoms with Crippen molar-refractivity contribution < 1.29 is 14.6 Å². The van der Waals surface area contributed by atoms with Crippen LogP contribution in [0.15, 0.2) is 30.7 Å². The van der Waals surface area contributed by atoms with Gasteiger partial charge in [0.25, 0.3) is 0 Å². The van der Waals surface area contributed by atoms with Crippen LogP contribution in [0, 0.1) is 0 Å². The number of aliphatic hydroxyl groups excluding tert-OH is 1. The van der Waals surface area contributed by atoms with E-state index in [9.17, 15) is 9.90 Å². The molecule has 0 aliphatic carbocycles. The summed E-state index contributed by atoms with van der Waals surface area (Å²) in [5, 5.41) is 17.1. The van der Waals surface area contributed by atoms with Crippen LogP contribution >= 0.6 is 0 Å². The van der Waals surface area contributed by atoms with Gasteiger partial charge in [-0.1, -0.05) is 0 Å². The number of methoxy groups -OCH3 is 1. The van der Waals surface area contributed by atoms with Gasteiger partial charge in [0, 0.05) is 24.8 Å². The molecule has 9 nitrogen and oxygen atoms in total. The van der Waals surface area contributed by atoms with E-state index in [0.717, 1.165) is 58.8 Å². The molecule has 4 rings (SSSR count). The van der Waals surface area contributed by atoms with Crippen molar-refractivity contribution in [3.8, 4) is 5.75 Å². The Morgan fingerprint density at radius 2 is 2.09 bits per heavy atom. The minimum atomic E-state index is -0.300. The topological polar surface area (TPSA) is 115 Å². The Balaban J connectivity index is 1.69. The molecule has 170 valence electrons. The van der Waals surface area contributed by atoms with Crippen molar-refractivity contribution >= 4 is 28.4 Å². The Labute approximate surface area is 187 Å². The second kappa shape index (κ2) is 9.97. The van der Waals surface area contributed by atoms with Gasteiger partial charge in [-0.2, -0.15) is 0 Å². The number of benzene rings is 1. The lowest BCUT2D eigenvalue weighted by atomic mass is 10.1. The number of amides is 1. The first-order chi connectivity index (χ1) is 15.6. The third kappa shape index (κ3) is 5.00. The van der Waals surface area contributed by atoms with Crippen molar-refractivity contribution in [1.82, 2.24) is 25.2 Å². The maximum Gasteiger partial charge on any atom is 0.220 e. The van der Waals surface area contributed by atoms with Crippen LogP contribution in [0.25, 0.3) is 11.0 Å². The van der Waals surface area contributed by atoms with Crippen molar-refractivity contribution in [1.29, 1.82) is 0 Å². The summed E-state index contributed by atoms with van der Waals surface area (Å²) in [7, 11) is 3.63. The molecule has 3 heterocycles. The second-order valence-corrected chi connectivity index (χ2v) is 8.22. The first-order valence-electron chi connectivity index (χ1n) is 10.9. The fourth-order valence-electron chi connectivity index (χ4n) is 4.21. The highest BCUT2D eigenvalue weighted by Gasteiger charge is 2.17. The number of aryl methyl sites for hydroxylation is 2. The van der Waals surface area contributed by atoms with Crippen LogP contribution in [0.3, 0.4) is 0 Å². The molecule has 0 spiro atoms. The van der Waals surface area contributed by atoms with Gasteiger partial charge in [0.2, 0.25) is 5.91 Å². The van der Waals surface area contributed by atoms with Gasteiger partial charge in [-0.05, 0) is 62.2 Å². The number of nitrogens with zero attached hydrogens (tertiary/aromatic N) is 3. The maximum absolute atomic E-state index is 12.5. The fourth-order valence-corrected chi connectivity index (χ4v) is 4.21. The van der Waals surface area contributed by atoms with Crippen molar-refractivity contribution in [2.75, 3.05) is 39.2 Å². The molecule has 0 fully saturated rings. The lowest BCUT2D eigenvalue weighted by Crippen LogP contribution is -2.45. The quantitative estimate of drug-likeness (QED) is 0.484. The first-order valence-corrected chi connectivity index (χ1v) is 10.9. The third-order valence-corrected chi connectivity index (χ3v) is 5.82. The third-order valence-electron chi connectivity index (χ3n) is 5.82. The highest BCUT2D eigenvalue weighted by Crippen LogP contribution is 2.30. The van der Waals surface area contributed by atoms with Gasteiger partial charge in [0.05, 0.1) is 25.1 Å². The minimum absolute atomic E-state index is 0.0874. The number of rotatable bonds is 2. The number of carbonyl (C=O) groups excluding carboxylic acids is 1. The highest BCUT2D eigenvalue weighted by molar-refractivity contribution is 5.92. The largest absolute Gasteiger partial charge is 0.496 e. The number of aliphatic hydroxyl groups is 1. The number of carbonyl (C=O) groups is 1. The summed E-state index contributed by atoms with van der Waals surface area (Å²) in [5.74, 6) is 1.39. The van der Waals surface area contributed by atoms with Gasteiger partial charge < -0.3 is 30.4 Å². The molecule has 0 saturated heterocycles. The van der Waals surface area contributed by atoms with E-state index in [1.54, 1.807) is 13.4 Å². The number of hydrogen-bond acceptors (Lipinski definition) is 7. The second-order valence-electron chi connectivity index (χ2n) is 8.22. The van der Waals surface area contributed by atoms with Crippen LogP contribution in [0.4, 0.5) is 11.5 Å². The van der Waals surface area contributed by atoms with Crippen molar-refractivity contribution in [3.05, 3.63) is 41.9 Å². The average molecular weight is 439 g/mol. The van der Waals surface area contributed by atoms with E-state index in [-0.39, 0.29) is 18.6 Å². The number of anilines is 2. The zero-order valence-corrected chi connectivity index (χ0v) is 18.5. The molecule has 0 unspecified atom stereocenters. The van der Waals surface area contributed by atoms with E-state index in [0.29, 0.717) is 19.4 Å². The van der Waals surface area contributed by atoms with Gasteiger partial charge in [0.1, 0.15) is 23.5 Å². The molecule has 9 heteroatoms. The SMILES string of the molecule is COc1ccc2cc1CCC(=O)N[C@H](CO)CN(C)CCCc1c[nH]c3ncnc(c13)N2. The Morgan fingerprint density at radius 3 is 2.91 bits per heavy atom. The molecule has 1 aliphatic rings. The number of hydrogen-bond donors (Lipinski definition) is 4. The molecule has 2 aromatic heterocycles. The van der Waals surface area contributed by atoms with Crippen LogP contribution in [-0.2, 0) is 17.6 Å². The lowest BCUT2D eigenvalue weighted by Gasteiger charge is -2.23. The predicted molar refractivity (Wildman–Crippen MR) is 123 cm³/mol. The molecule has 2 bridgehead atoms. The van der Waals surface area contributed by atoms with E-state index in [1.807, 2.05) is 31.4 Å². The number of aromatic nitrogens is 3. The van der Waals surface area contributed by atoms with E-state index in [2.05, 4.69) is 30.5 Å². The molecule has 0 radical (unpaired) electrons. The number of ether oxygens (including phenoxy) is 1. The number of H-pyrrole nitrogens is 1. The number of fused-ring (bicyclic) bond motifs is 2. The molecule has 1 aromatic carbocycles. The number of nitrogens with one attached hydrogen (secondary N) is 3. The summed E-state index contributed by atoms with van der Waals surface area (Å²) in [6.45, 7) is 1.33.